The molecule has 0 saturated carbocycles. The molecule has 0 unspecified atom stereocenters. The van der Waals surface area contributed by atoms with Gasteiger partial charge in [0.05, 0.1) is 6.61 Å². The molecule has 3 rings (SSSR count). The molecule has 3 aromatic rings. The fourth-order valence-electron chi connectivity index (χ4n) is 3.02. The van der Waals surface area contributed by atoms with Gasteiger partial charge in [-0.3, -0.25) is 4.79 Å². The van der Waals surface area contributed by atoms with Crippen LogP contribution in [0.25, 0.3) is 0 Å². The summed E-state index contributed by atoms with van der Waals surface area (Å²) < 4.78 is 11.7. The molecule has 156 valence electrons. The molecule has 3 aromatic carbocycles. The fraction of sp³-hybridized carbons (Fsp3) is 0.240. The second-order valence-corrected chi connectivity index (χ2v) is 7.64. The van der Waals surface area contributed by atoms with E-state index in [1.807, 2.05) is 44.2 Å². The topological polar surface area (TPSA) is 47.6 Å². The molecule has 30 heavy (non-hydrogen) atoms. The smallest absolute Gasteiger partial charge is 0.255 e. The van der Waals surface area contributed by atoms with Gasteiger partial charge in [0.15, 0.2) is 0 Å². The standard InChI is InChI=1S/C25H26ClNO3/c1-5-29-24-11-8-19(25(28)27-23-14-21(26)9-6-17(23)3)13-20(24)15-30-22-10-7-16(2)18(4)12-22/h6-14H,5,15H2,1-4H3,(H,27,28). The summed E-state index contributed by atoms with van der Waals surface area (Å²) in [6, 6.07) is 16.8. The van der Waals surface area contributed by atoms with Crippen LogP contribution in [-0.2, 0) is 6.61 Å². The van der Waals surface area contributed by atoms with Crippen molar-refractivity contribution < 1.29 is 14.3 Å². The molecule has 1 N–H and O–H groups in total. The predicted molar refractivity (Wildman–Crippen MR) is 122 cm³/mol. The Kier molecular flexibility index (Phi) is 7.01. The van der Waals surface area contributed by atoms with Crippen molar-refractivity contribution in [3.8, 4) is 11.5 Å². The number of amides is 1. The Balaban J connectivity index is 1.81. The molecule has 0 heterocycles. The van der Waals surface area contributed by atoms with Crippen LogP contribution in [0.15, 0.2) is 54.6 Å². The lowest BCUT2D eigenvalue weighted by Gasteiger charge is -2.14. The van der Waals surface area contributed by atoms with Crippen LogP contribution < -0.4 is 14.8 Å². The SMILES string of the molecule is CCOc1ccc(C(=O)Nc2cc(Cl)ccc2C)cc1COc1ccc(C)c(C)c1. The zero-order chi connectivity index (χ0) is 21.7. The number of benzene rings is 3. The molecule has 0 atom stereocenters. The zero-order valence-electron chi connectivity index (χ0n) is 17.7. The first kappa shape index (κ1) is 21.7. The van der Waals surface area contributed by atoms with E-state index in [1.165, 1.54) is 11.1 Å². The number of ether oxygens (including phenoxy) is 2. The summed E-state index contributed by atoms with van der Waals surface area (Å²) in [6.07, 6.45) is 0. The maximum absolute atomic E-state index is 12.8. The molecular formula is C25H26ClNO3. The first-order chi connectivity index (χ1) is 14.4. The van der Waals surface area contributed by atoms with Gasteiger partial charge in [0.25, 0.3) is 5.91 Å². The fourth-order valence-corrected chi connectivity index (χ4v) is 3.19. The minimum Gasteiger partial charge on any atom is -0.493 e. The van der Waals surface area contributed by atoms with Crippen LogP contribution >= 0.6 is 11.6 Å². The first-order valence-electron chi connectivity index (χ1n) is 9.90. The number of anilines is 1. The van der Waals surface area contributed by atoms with Crippen molar-refractivity contribution in [2.45, 2.75) is 34.3 Å². The zero-order valence-corrected chi connectivity index (χ0v) is 18.5. The van der Waals surface area contributed by atoms with E-state index in [1.54, 1.807) is 24.3 Å². The highest BCUT2D eigenvalue weighted by Crippen LogP contribution is 2.25. The maximum atomic E-state index is 12.8. The quantitative estimate of drug-likeness (QED) is 0.472. The Morgan fingerprint density at radius 3 is 2.40 bits per heavy atom. The van der Waals surface area contributed by atoms with Crippen LogP contribution in [0.4, 0.5) is 5.69 Å². The summed E-state index contributed by atoms with van der Waals surface area (Å²) in [5, 5.41) is 3.50. The van der Waals surface area contributed by atoms with Crippen molar-refractivity contribution in [3.05, 3.63) is 87.4 Å². The van der Waals surface area contributed by atoms with E-state index < -0.39 is 0 Å². The van der Waals surface area contributed by atoms with E-state index in [2.05, 4.69) is 19.2 Å². The van der Waals surface area contributed by atoms with Gasteiger partial charge in [-0.15, -0.1) is 0 Å². The first-order valence-corrected chi connectivity index (χ1v) is 10.3. The monoisotopic (exact) mass is 423 g/mol. The van der Waals surface area contributed by atoms with Gasteiger partial charge in [-0.25, -0.2) is 0 Å². The van der Waals surface area contributed by atoms with Gasteiger partial charge in [0, 0.05) is 21.8 Å². The molecule has 0 aromatic heterocycles. The van der Waals surface area contributed by atoms with Gasteiger partial charge in [-0.2, -0.15) is 0 Å². The van der Waals surface area contributed by atoms with Crippen molar-refractivity contribution >= 4 is 23.2 Å². The molecule has 5 heteroatoms. The van der Waals surface area contributed by atoms with Crippen molar-refractivity contribution in [2.75, 3.05) is 11.9 Å². The lowest BCUT2D eigenvalue weighted by atomic mass is 10.1. The van der Waals surface area contributed by atoms with Gasteiger partial charge in [-0.1, -0.05) is 23.7 Å². The summed E-state index contributed by atoms with van der Waals surface area (Å²) in [6.45, 7) is 8.80. The second kappa shape index (κ2) is 9.68. The molecule has 0 radical (unpaired) electrons. The molecule has 0 bridgehead atoms. The van der Waals surface area contributed by atoms with Gasteiger partial charge >= 0.3 is 0 Å². The number of carbonyl (C=O) groups excluding carboxylic acids is 1. The molecule has 0 aliphatic heterocycles. The lowest BCUT2D eigenvalue weighted by molar-refractivity contribution is 0.102. The third-order valence-corrected chi connectivity index (χ3v) is 5.18. The average molecular weight is 424 g/mol. The van der Waals surface area contributed by atoms with Gasteiger partial charge in [-0.05, 0) is 86.8 Å². The number of hydrogen-bond acceptors (Lipinski definition) is 3. The number of hydrogen-bond donors (Lipinski definition) is 1. The molecule has 0 spiro atoms. The second-order valence-electron chi connectivity index (χ2n) is 7.20. The van der Waals surface area contributed by atoms with E-state index in [4.69, 9.17) is 21.1 Å². The van der Waals surface area contributed by atoms with E-state index in [9.17, 15) is 4.79 Å². The van der Waals surface area contributed by atoms with Gasteiger partial charge in [0.2, 0.25) is 0 Å². The van der Waals surface area contributed by atoms with E-state index in [0.29, 0.717) is 35.2 Å². The highest BCUT2D eigenvalue weighted by molar-refractivity contribution is 6.31. The summed E-state index contributed by atoms with van der Waals surface area (Å²) >= 11 is 6.06. The van der Waals surface area contributed by atoms with Crippen LogP contribution in [0.1, 0.15) is 39.5 Å². The summed E-state index contributed by atoms with van der Waals surface area (Å²) in [5.41, 5.74) is 5.35. The average Bonchev–Trinajstić information content (AvgIpc) is 2.72. The summed E-state index contributed by atoms with van der Waals surface area (Å²) in [5.74, 6) is 1.28. The number of halogens is 1. The summed E-state index contributed by atoms with van der Waals surface area (Å²) in [7, 11) is 0. The van der Waals surface area contributed by atoms with Gasteiger partial charge < -0.3 is 14.8 Å². The Bertz CT molecular complexity index is 1060. The van der Waals surface area contributed by atoms with Crippen LogP contribution in [-0.4, -0.2) is 12.5 Å². The molecule has 0 aliphatic carbocycles. The Morgan fingerprint density at radius 1 is 0.900 bits per heavy atom. The highest BCUT2D eigenvalue weighted by Gasteiger charge is 2.13. The minimum absolute atomic E-state index is 0.212. The van der Waals surface area contributed by atoms with Crippen LogP contribution in [0.3, 0.4) is 0 Å². The van der Waals surface area contributed by atoms with Crippen LogP contribution in [0, 0.1) is 20.8 Å². The third kappa shape index (κ3) is 5.33. The normalized spacial score (nSPS) is 10.6. The number of carbonyl (C=O) groups is 1. The van der Waals surface area contributed by atoms with E-state index in [-0.39, 0.29) is 5.91 Å². The van der Waals surface area contributed by atoms with E-state index >= 15 is 0 Å². The Morgan fingerprint density at radius 2 is 1.67 bits per heavy atom. The number of aryl methyl sites for hydroxylation is 3. The van der Waals surface area contributed by atoms with Crippen LogP contribution in [0.2, 0.25) is 5.02 Å². The molecule has 1 amide bonds. The lowest BCUT2D eigenvalue weighted by Crippen LogP contribution is -2.14. The van der Waals surface area contributed by atoms with Crippen molar-refractivity contribution in [1.82, 2.24) is 0 Å². The predicted octanol–water partition coefficient (Wildman–Crippen LogP) is 6.50. The van der Waals surface area contributed by atoms with Crippen molar-refractivity contribution in [3.63, 3.8) is 0 Å². The Hall–Kier alpha value is -2.98. The van der Waals surface area contributed by atoms with Crippen molar-refractivity contribution in [2.24, 2.45) is 0 Å². The van der Waals surface area contributed by atoms with Crippen molar-refractivity contribution in [1.29, 1.82) is 0 Å². The van der Waals surface area contributed by atoms with Crippen LogP contribution in [0.5, 0.6) is 11.5 Å². The molecule has 4 nitrogen and oxygen atoms in total. The molecular weight excluding hydrogens is 398 g/mol. The largest absolute Gasteiger partial charge is 0.493 e. The molecule has 0 aliphatic rings. The number of nitrogens with one attached hydrogen (secondary N) is 1. The maximum Gasteiger partial charge on any atom is 0.255 e. The molecule has 0 saturated heterocycles. The Labute approximate surface area is 182 Å². The highest BCUT2D eigenvalue weighted by atomic mass is 35.5. The third-order valence-electron chi connectivity index (χ3n) is 4.94. The number of rotatable bonds is 7. The summed E-state index contributed by atoms with van der Waals surface area (Å²) in [4.78, 5) is 12.8. The molecule has 0 fully saturated rings. The van der Waals surface area contributed by atoms with Gasteiger partial charge in [0.1, 0.15) is 18.1 Å². The minimum atomic E-state index is -0.212. The van der Waals surface area contributed by atoms with E-state index in [0.717, 1.165) is 16.9 Å².